The summed E-state index contributed by atoms with van der Waals surface area (Å²) in [5, 5.41) is 0. The number of anilines is 4. The topological polar surface area (TPSA) is 13.0 Å². The maximum atomic E-state index is 3.23. The lowest BCUT2D eigenvalue weighted by Gasteiger charge is -2.23. The van der Waals surface area contributed by atoms with Crippen molar-refractivity contribution in [2.24, 2.45) is 0 Å². The standard InChI is InChI=1S/C76H74N4/c1-9-77(10-2)69-51-43-65(44-52-69)75(66-45-53-70(54-46-66)78(11-3)12-4)73(61-31-25-21-26-32-61)63-39-35-59(36-40-63)29-23-19-17-18-20-24-30-60-37-41-64(42-38-60)74(62-33-27-22-28-34-62)76(67-47-55-71(56-48-67)79(13-5)14-6)68-49-57-72(58-50-68)80(15-7)16-8/h21-22,25-28,31-58H,9-16H2,1-8H3. The second-order valence-corrected chi connectivity index (χ2v) is 19.3. The Labute approximate surface area is 479 Å². The van der Waals surface area contributed by atoms with Gasteiger partial charge < -0.3 is 19.6 Å². The molecule has 0 bridgehead atoms. The zero-order valence-electron chi connectivity index (χ0n) is 48.1. The highest BCUT2D eigenvalue weighted by Crippen LogP contribution is 2.40. The summed E-state index contributed by atoms with van der Waals surface area (Å²) in [5.74, 6) is 24.1. The minimum atomic E-state index is 0.874. The van der Waals surface area contributed by atoms with Gasteiger partial charge in [-0.25, -0.2) is 0 Å². The van der Waals surface area contributed by atoms with Crippen molar-refractivity contribution in [3.8, 4) is 47.4 Å². The summed E-state index contributed by atoms with van der Waals surface area (Å²) in [4.78, 5) is 9.53. The molecule has 0 radical (unpaired) electrons. The molecule has 0 unspecified atom stereocenters. The zero-order chi connectivity index (χ0) is 56.1. The van der Waals surface area contributed by atoms with Crippen LogP contribution in [-0.4, -0.2) is 52.4 Å². The van der Waals surface area contributed by atoms with Crippen LogP contribution in [0.5, 0.6) is 0 Å². The van der Waals surface area contributed by atoms with E-state index >= 15 is 0 Å². The molecule has 4 heteroatoms. The molecule has 0 aliphatic rings. The molecule has 8 rings (SSSR count). The van der Waals surface area contributed by atoms with Crippen molar-refractivity contribution >= 4 is 45.0 Å². The minimum absolute atomic E-state index is 0.874. The predicted octanol–water partition coefficient (Wildman–Crippen LogP) is 16.5. The lowest BCUT2D eigenvalue weighted by Crippen LogP contribution is -2.21. The van der Waals surface area contributed by atoms with Crippen LogP contribution in [0.15, 0.2) is 206 Å². The molecule has 8 aromatic carbocycles. The summed E-state index contributed by atoms with van der Waals surface area (Å²) in [7, 11) is 0. The molecule has 0 spiro atoms. The van der Waals surface area contributed by atoms with Crippen molar-refractivity contribution in [3.63, 3.8) is 0 Å². The first-order valence-electron chi connectivity index (χ1n) is 28.6. The second kappa shape index (κ2) is 28.9. The average molecular weight is 1040 g/mol. The Morgan fingerprint density at radius 3 is 0.625 bits per heavy atom. The van der Waals surface area contributed by atoms with Crippen LogP contribution in [0.4, 0.5) is 22.7 Å². The Morgan fingerprint density at radius 1 is 0.225 bits per heavy atom. The maximum Gasteiger partial charge on any atom is 0.0366 e. The van der Waals surface area contributed by atoms with E-state index in [2.05, 4.69) is 329 Å². The van der Waals surface area contributed by atoms with E-state index in [4.69, 9.17) is 0 Å². The van der Waals surface area contributed by atoms with Crippen molar-refractivity contribution in [1.82, 2.24) is 0 Å². The highest BCUT2D eigenvalue weighted by atomic mass is 15.1. The molecule has 0 N–H and O–H groups in total. The van der Waals surface area contributed by atoms with Crippen LogP contribution in [0, 0.1) is 47.4 Å². The fourth-order valence-corrected chi connectivity index (χ4v) is 10.5. The van der Waals surface area contributed by atoms with Crippen LogP contribution in [0.25, 0.3) is 22.3 Å². The predicted molar refractivity (Wildman–Crippen MR) is 345 cm³/mol. The summed E-state index contributed by atoms with van der Waals surface area (Å²) < 4.78 is 0. The van der Waals surface area contributed by atoms with Crippen LogP contribution in [0.2, 0.25) is 0 Å². The summed E-state index contributed by atoms with van der Waals surface area (Å²) in [5.41, 5.74) is 20.5. The van der Waals surface area contributed by atoms with E-state index < -0.39 is 0 Å². The molecule has 4 nitrogen and oxygen atoms in total. The molecule has 0 saturated heterocycles. The first-order chi connectivity index (χ1) is 39.3. The fraction of sp³-hybridized carbons (Fsp3) is 0.211. The van der Waals surface area contributed by atoms with Gasteiger partial charge in [-0.3, -0.25) is 0 Å². The summed E-state index contributed by atoms with van der Waals surface area (Å²) in [6.07, 6.45) is 0. The highest BCUT2D eigenvalue weighted by Gasteiger charge is 2.20. The van der Waals surface area contributed by atoms with Gasteiger partial charge in [-0.05, 0) is 231 Å². The second-order valence-electron chi connectivity index (χ2n) is 19.3. The van der Waals surface area contributed by atoms with Gasteiger partial charge >= 0.3 is 0 Å². The van der Waals surface area contributed by atoms with E-state index in [0.29, 0.717) is 0 Å². The first kappa shape index (κ1) is 56.9. The third-order valence-electron chi connectivity index (χ3n) is 14.8. The highest BCUT2D eigenvalue weighted by molar-refractivity contribution is 6.06. The van der Waals surface area contributed by atoms with Crippen molar-refractivity contribution in [2.75, 3.05) is 72.0 Å². The van der Waals surface area contributed by atoms with Gasteiger partial charge in [0.25, 0.3) is 0 Å². The maximum absolute atomic E-state index is 3.23. The van der Waals surface area contributed by atoms with E-state index in [-0.39, 0.29) is 0 Å². The third-order valence-corrected chi connectivity index (χ3v) is 14.8. The van der Waals surface area contributed by atoms with Crippen LogP contribution < -0.4 is 19.6 Å². The molecule has 0 atom stereocenters. The molecule has 0 aliphatic heterocycles. The van der Waals surface area contributed by atoms with Crippen molar-refractivity contribution in [1.29, 1.82) is 0 Å². The average Bonchev–Trinajstić information content (AvgIpc) is 3.54. The van der Waals surface area contributed by atoms with E-state index in [1.807, 2.05) is 0 Å². The Bertz CT molecular complexity index is 3220. The van der Waals surface area contributed by atoms with Gasteiger partial charge in [-0.2, -0.15) is 0 Å². The number of hydrogen-bond donors (Lipinski definition) is 0. The summed E-state index contributed by atoms with van der Waals surface area (Å²) in [6, 6.07) is 74.6. The Balaban J connectivity index is 1.06. The molecular formula is C76H74N4. The monoisotopic (exact) mass is 1040 g/mol. The molecule has 0 amide bonds. The quantitative estimate of drug-likeness (QED) is 0.0557. The Morgan fingerprint density at radius 2 is 0.412 bits per heavy atom. The zero-order valence-corrected chi connectivity index (χ0v) is 48.1. The van der Waals surface area contributed by atoms with Gasteiger partial charge in [0.15, 0.2) is 0 Å². The Kier molecular flexibility index (Phi) is 20.5. The minimum Gasteiger partial charge on any atom is -0.372 e. The molecular weight excluding hydrogens is 969 g/mol. The molecule has 398 valence electrons. The lowest BCUT2D eigenvalue weighted by atomic mass is 9.85. The molecule has 0 fully saturated rings. The van der Waals surface area contributed by atoms with Gasteiger partial charge in [0, 0.05) is 86.2 Å². The van der Waals surface area contributed by atoms with Gasteiger partial charge in [0.1, 0.15) is 0 Å². The molecule has 80 heavy (non-hydrogen) atoms. The van der Waals surface area contributed by atoms with Crippen LogP contribution in [0.3, 0.4) is 0 Å². The number of hydrogen-bond acceptors (Lipinski definition) is 4. The first-order valence-corrected chi connectivity index (χ1v) is 28.6. The lowest BCUT2D eigenvalue weighted by molar-refractivity contribution is 0.866. The van der Waals surface area contributed by atoms with Crippen molar-refractivity contribution in [2.45, 2.75) is 55.4 Å². The normalized spacial score (nSPS) is 10.2. The number of benzene rings is 8. The molecule has 8 aromatic rings. The van der Waals surface area contributed by atoms with Gasteiger partial charge in [0.2, 0.25) is 0 Å². The van der Waals surface area contributed by atoms with E-state index in [1.54, 1.807) is 0 Å². The summed E-state index contributed by atoms with van der Waals surface area (Å²) >= 11 is 0. The molecule has 0 saturated carbocycles. The number of rotatable bonds is 20. The van der Waals surface area contributed by atoms with Crippen molar-refractivity contribution < 1.29 is 0 Å². The summed E-state index contributed by atoms with van der Waals surface area (Å²) in [6.45, 7) is 25.3. The van der Waals surface area contributed by atoms with Gasteiger partial charge in [-0.1, -0.05) is 145 Å². The van der Waals surface area contributed by atoms with Crippen LogP contribution in [-0.2, 0) is 0 Å². The fourth-order valence-electron chi connectivity index (χ4n) is 10.5. The smallest absolute Gasteiger partial charge is 0.0366 e. The molecule has 0 heterocycles. The van der Waals surface area contributed by atoms with E-state index in [9.17, 15) is 0 Å². The SMILES string of the molecule is CCN(CC)c1ccc(C(=C(c2ccccc2)c2ccc(C#CC#CC#CC#Cc3ccc(C(=C(c4ccc(N(CC)CC)cc4)c4ccc(N(CC)CC)cc4)c4ccccc4)cc3)cc2)c2ccc(N(CC)CC)cc2)cc1. The van der Waals surface area contributed by atoms with E-state index in [0.717, 1.165) is 119 Å². The third kappa shape index (κ3) is 14.0. The largest absolute Gasteiger partial charge is 0.372 e. The molecule has 0 aliphatic carbocycles. The molecule has 0 aromatic heterocycles. The Hall–Kier alpha value is -9.32. The van der Waals surface area contributed by atoms with Crippen molar-refractivity contribution in [3.05, 3.63) is 262 Å². The van der Waals surface area contributed by atoms with E-state index in [1.165, 1.54) is 33.9 Å². The van der Waals surface area contributed by atoms with Crippen LogP contribution in [0.1, 0.15) is 111 Å². The van der Waals surface area contributed by atoms with Crippen LogP contribution >= 0.6 is 0 Å². The van der Waals surface area contributed by atoms with Gasteiger partial charge in [0.05, 0.1) is 0 Å². The van der Waals surface area contributed by atoms with Gasteiger partial charge in [-0.15, -0.1) is 0 Å². The number of nitrogens with zero attached hydrogens (tertiary/aromatic N) is 4.